The molecule has 4 heteroatoms. The topological polar surface area (TPSA) is 38.9 Å². The van der Waals surface area contributed by atoms with Crippen LogP contribution in [0.3, 0.4) is 0 Å². The van der Waals surface area contributed by atoms with Crippen LogP contribution in [-0.2, 0) is 0 Å². The quantitative estimate of drug-likeness (QED) is 0.772. The van der Waals surface area contributed by atoms with E-state index in [1.807, 2.05) is 22.6 Å². The van der Waals surface area contributed by atoms with Crippen molar-refractivity contribution in [2.45, 2.75) is 26.7 Å². The van der Waals surface area contributed by atoms with Crippen LogP contribution in [0.15, 0.2) is 4.42 Å². The van der Waals surface area contributed by atoms with Gasteiger partial charge in [-0.3, -0.25) is 0 Å². The van der Waals surface area contributed by atoms with Crippen LogP contribution in [0.1, 0.15) is 32.6 Å². The Morgan fingerprint density at radius 2 is 1.91 bits per heavy atom. The van der Waals surface area contributed by atoms with Crippen LogP contribution < -0.4 is 0 Å². The number of halogens is 1. The van der Waals surface area contributed by atoms with Crippen molar-refractivity contribution in [3.8, 4) is 0 Å². The largest absolute Gasteiger partial charge is 0.416 e. The van der Waals surface area contributed by atoms with Crippen LogP contribution in [0.2, 0.25) is 0 Å². The van der Waals surface area contributed by atoms with E-state index in [9.17, 15) is 0 Å². The maximum Gasteiger partial charge on any atom is 0.278 e. The zero-order chi connectivity index (χ0) is 8.43. The summed E-state index contributed by atoms with van der Waals surface area (Å²) in [6.07, 6.45) is 0. The van der Waals surface area contributed by atoms with Gasteiger partial charge in [0.1, 0.15) is 0 Å². The molecule has 0 aromatic carbocycles. The molecule has 11 heavy (non-hydrogen) atoms. The Hall–Kier alpha value is -0.130. The second kappa shape index (κ2) is 3.51. The first-order valence-corrected chi connectivity index (χ1v) is 4.68. The van der Waals surface area contributed by atoms with Gasteiger partial charge in [0, 0.05) is 28.5 Å². The lowest BCUT2D eigenvalue weighted by molar-refractivity contribution is 0.389. The number of aromatic nitrogens is 2. The SMILES string of the molecule is CC(C)C(C)c1nnc(I)o1. The first-order valence-electron chi connectivity index (χ1n) is 3.60. The van der Waals surface area contributed by atoms with Crippen molar-refractivity contribution in [2.75, 3.05) is 0 Å². The molecule has 0 radical (unpaired) electrons. The molecule has 0 saturated carbocycles. The number of hydrogen-bond acceptors (Lipinski definition) is 3. The Kier molecular flexibility index (Phi) is 2.86. The Bertz CT molecular complexity index is 234. The summed E-state index contributed by atoms with van der Waals surface area (Å²) in [5, 5.41) is 7.70. The lowest BCUT2D eigenvalue weighted by Gasteiger charge is -2.08. The molecule has 1 aromatic rings. The van der Waals surface area contributed by atoms with E-state index in [0.717, 1.165) is 5.89 Å². The van der Waals surface area contributed by atoms with E-state index in [0.29, 0.717) is 15.7 Å². The predicted octanol–water partition coefficient (Wildman–Crippen LogP) is 2.43. The molecule has 0 spiro atoms. The highest BCUT2D eigenvalue weighted by molar-refractivity contribution is 14.1. The molecule has 0 aliphatic heterocycles. The molecule has 0 aliphatic rings. The summed E-state index contributed by atoms with van der Waals surface area (Å²) in [5.74, 6) is 1.64. The van der Waals surface area contributed by atoms with Gasteiger partial charge in [0.05, 0.1) is 0 Å². The third-order valence-corrected chi connectivity index (χ3v) is 2.24. The molecular weight excluding hydrogens is 255 g/mol. The molecule has 3 nitrogen and oxygen atoms in total. The van der Waals surface area contributed by atoms with E-state index in [1.165, 1.54) is 0 Å². The first-order chi connectivity index (χ1) is 5.11. The molecule has 1 aromatic heterocycles. The maximum atomic E-state index is 5.27. The average Bonchev–Trinajstić information content (AvgIpc) is 2.34. The van der Waals surface area contributed by atoms with Gasteiger partial charge in [-0.05, 0) is 5.92 Å². The Morgan fingerprint density at radius 3 is 2.27 bits per heavy atom. The van der Waals surface area contributed by atoms with E-state index >= 15 is 0 Å². The fourth-order valence-electron chi connectivity index (χ4n) is 0.685. The maximum absolute atomic E-state index is 5.27. The van der Waals surface area contributed by atoms with Crippen molar-refractivity contribution in [3.05, 3.63) is 9.79 Å². The molecule has 0 saturated heterocycles. The molecule has 0 aliphatic carbocycles. The van der Waals surface area contributed by atoms with Crippen LogP contribution in [-0.4, -0.2) is 10.2 Å². The highest BCUT2D eigenvalue weighted by Crippen LogP contribution is 2.22. The highest BCUT2D eigenvalue weighted by Gasteiger charge is 2.15. The molecule has 1 rings (SSSR count). The van der Waals surface area contributed by atoms with E-state index in [1.54, 1.807) is 0 Å². The summed E-state index contributed by atoms with van der Waals surface area (Å²) in [4.78, 5) is 0. The Balaban J connectivity index is 2.76. The average molecular weight is 266 g/mol. The standard InChI is InChI=1S/C7H11IN2O/c1-4(2)5(3)6-9-10-7(8)11-6/h4-5H,1-3H3. The lowest BCUT2D eigenvalue weighted by Crippen LogP contribution is -2.01. The van der Waals surface area contributed by atoms with Crippen molar-refractivity contribution in [3.63, 3.8) is 0 Å². The van der Waals surface area contributed by atoms with Gasteiger partial charge < -0.3 is 4.42 Å². The van der Waals surface area contributed by atoms with Crippen LogP contribution in [0, 0.1) is 9.82 Å². The Morgan fingerprint density at radius 1 is 1.27 bits per heavy atom. The third-order valence-electron chi connectivity index (χ3n) is 1.81. The molecule has 0 N–H and O–H groups in total. The number of rotatable bonds is 2. The van der Waals surface area contributed by atoms with Crippen LogP contribution in [0.5, 0.6) is 0 Å². The smallest absolute Gasteiger partial charge is 0.278 e. The zero-order valence-electron chi connectivity index (χ0n) is 6.84. The number of hydrogen-bond donors (Lipinski definition) is 0. The minimum Gasteiger partial charge on any atom is -0.416 e. The summed E-state index contributed by atoms with van der Waals surface area (Å²) >= 11 is 2.02. The lowest BCUT2D eigenvalue weighted by atomic mass is 9.98. The highest BCUT2D eigenvalue weighted by atomic mass is 127. The van der Waals surface area contributed by atoms with Crippen LogP contribution in [0.25, 0.3) is 0 Å². The van der Waals surface area contributed by atoms with Crippen LogP contribution >= 0.6 is 22.6 Å². The van der Waals surface area contributed by atoms with Gasteiger partial charge in [-0.1, -0.05) is 20.8 Å². The van der Waals surface area contributed by atoms with Crippen molar-refractivity contribution in [1.82, 2.24) is 10.2 Å². The van der Waals surface area contributed by atoms with Crippen molar-refractivity contribution in [1.29, 1.82) is 0 Å². The predicted molar refractivity (Wildman–Crippen MR) is 50.3 cm³/mol. The summed E-state index contributed by atoms with van der Waals surface area (Å²) in [7, 11) is 0. The monoisotopic (exact) mass is 266 g/mol. The normalized spacial score (nSPS) is 13.9. The van der Waals surface area contributed by atoms with Crippen molar-refractivity contribution < 1.29 is 4.42 Å². The zero-order valence-corrected chi connectivity index (χ0v) is 8.99. The van der Waals surface area contributed by atoms with E-state index in [2.05, 4.69) is 31.0 Å². The molecule has 0 fully saturated rings. The number of nitrogens with zero attached hydrogens (tertiary/aromatic N) is 2. The molecule has 62 valence electrons. The van der Waals surface area contributed by atoms with E-state index in [4.69, 9.17) is 4.42 Å². The van der Waals surface area contributed by atoms with E-state index < -0.39 is 0 Å². The minimum atomic E-state index is 0.353. The summed E-state index contributed by atoms with van der Waals surface area (Å²) in [6, 6.07) is 0. The van der Waals surface area contributed by atoms with Gasteiger partial charge in [0.2, 0.25) is 5.89 Å². The molecular formula is C7H11IN2O. The van der Waals surface area contributed by atoms with Gasteiger partial charge in [0.25, 0.3) is 3.90 Å². The minimum absolute atomic E-state index is 0.353. The van der Waals surface area contributed by atoms with Crippen molar-refractivity contribution >= 4 is 22.6 Å². The first kappa shape index (κ1) is 8.96. The second-order valence-electron chi connectivity index (χ2n) is 2.93. The van der Waals surface area contributed by atoms with Gasteiger partial charge in [-0.25, -0.2) is 0 Å². The van der Waals surface area contributed by atoms with E-state index in [-0.39, 0.29) is 0 Å². The van der Waals surface area contributed by atoms with Gasteiger partial charge in [-0.15, -0.1) is 10.2 Å². The fraction of sp³-hybridized carbons (Fsp3) is 0.714. The summed E-state index contributed by atoms with van der Waals surface area (Å²) in [6.45, 7) is 6.37. The fourth-order valence-corrected chi connectivity index (χ4v) is 1.02. The molecule has 1 atom stereocenters. The van der Waals surface area contributed by atoms with Crippen molar-refractivity contribution in [2.24, 2.45) is 5.92 Å². The molecule has 0 amide bonds. The molecule has 1 heterocycles. The van der Waals surface area contributed by atoms with Gasteiger partial charge >= 0.3 is 0 Å². The molecule has 1 unspecified atom stereocenters. The second-order valence-corrected chi connectivity index (χ2v) is 3.85. The summed E-state index contributed by atoms with van der Waals surface area (Å²) in [5.41, 5.74) is 0. The third kappa shape index (κ3) is 2.15. The van der Waals surface area contributed by atoms with Gasteiger partial charge in [-0.2, -0.15) is 0 Å². The summed E-state index contributed by atoms with van der Waals surface area (Å²) < 4.78 is 5.89. The Labute approximate surface area is 79.7 Å². The van der Waals surface area contributed by atoms with Gasteiger partial charge in [0.15, 0.2) is 0 Å². The van der Waals surface area contributed by atoms with Crippen LogP contribution in [0.4, 0.5) is 0 Å². The molecule has 0 bridgehead atoms.